The molecule has 0 saturated heterocycles. The van der Waals surface area contributed by atoms with Gasteiger partial charge in [-0.2, -0.15) is 0 Å². The molecule has 1 aromatic heterocycles. The molecule has 0 atom stereocenters. The van der Waals surface area contributed by atoms with Crippen LogP contribution in [0.3, 0.4) is 0 Å². The number of aromatic amines is 1. The van der Waals surface area contributed by atoms with Gasteiger partial charge in [0.1, 0.15) is 5.69 Å². The molecular formula is C17H14N2O3. The van der Waals surface area contributed by atoms with Crippen molar-refractivity contribution >= 4 is 22.6 Å². The third-order valence-electron chi connectivity index (χ3n) is 3.44. The lowest BCUT2D eigenvalue weighted by atomic mass is 10.1. The molecule has 3 rings (SSSR count). The number of esters is 1. The minimum Gasteiger partial charge on any atom is -0.462 e. The van der Waals surface area contributed by atoms with Gasteiger partial charge in [0.25, 0.3) is 0 Å². The summed E-state index contributed by atoms with van der Waals surface area (Å²) in [5.74, 6) is -0.388. The molecule has 2 aromatic carbocycles. The van der Waals surface area contributed by atoms with Crippen LogP contribution in [0.5, 0.6) is 0 Å². The van der Waals surface area contributed by atoms with Crippen LogP contribution in [-0.4, -0.2) is 17.6 Å². The van der Waals surface area contributed by atoms with Gasteiger partial charge in [0.2, 0.25) is 0 Å². The molecule has 110 valence electrons. The summed E-state index contributed by atoms with van der Waals surface area (Å²) in [6.45, 7) is 2.07. The van der Waals surface area contributed by atoms with E-state index >= 15 is 0 Å². The zero-order valence-corrected chi connectivity index (χ0v) is 12.0. The normalized spacial score (nSPS) is 10.6. The Morgan fingerprint density at radius 3 is 2.64 bits per heavy atom. The van der Waals surface area contributed by atoms with Gasteiger partial charge in [-0.3, -0.25) is 0 Å². The third kappa shape index (κ3) is 2.37. The van der Waals surface area contributed by atoms with E-state index in [1.54, 1.807) is 25.1 Å². The van der Waals surface area contributed by atoms with Crippen molar-refractivity contribution in [3.05, 3.63) is 59.0 Å². The molecule has 0 fully saturated rings. The first-order valence-corrected chi connectivity index (χ1v) is 6.96. The van der Waals surface area contributed by atoms with Crippen molar-refractivity contribution in [1.82, 2.24) is 4.98 Å². The molecule has 0 spiro atoms. The number of nitrogens with one attached hydrogen (secondary N) is 1. The number of carbonyl (C=O) groups excluding carboxylic acids is 1. The first kappa shape index (κ1) is 14.0. The highest BCUT2D eigenvalue weighted by Crippen LogP contribution is 2.37. The van der Waals surface area contributed by atoms with Crippen molar-refractivity contribution in [1.29, 1.82) is 0 Å². The van der Waals surface area contributed by atoms with E-state index in [-0.39, 0.29) is 5.97 Å². The average molecular weight is 294 g/mol. The Hall–Kier alpha value is -2.95. The van der Waals surface area contributed by atoms with Gasteiger partial charge in [0, 0.05) is 16.5 Å². The maximum Gasteiger partial charge on any atom is 0.338 e. The van der Waals surface area contributed by atoms with Crippen molar-refractivity contribution in [3.8, 4) is 11.3 Å². The smallest absolute Gasteiger partial charge is 0.338 e. The van der Waals surface area contributed by atoms with E-state index in [0.717, 1.165) is 5.56 Å². The second-order valence-corrected chi connectivity index (χ2v) is 4.79. The number of H-pyrrole nitrogens is 1. The molecule has 0 radical (unpaired) electrons. The van der Waals surface area contributed by atoms with Crippen molar-refractivity contribution in [3.63, 3.8) is 0 Å². The molecule has 3 aromatic rings. The van der Waals surface area contributed by atoms with Crippen molar-refractivity contribution < 1.29 is 9.53 Å². The quantitative estimate of drug-likeness (QED) is 0.572. The number of hydrogen-bond acceptors (Lipinski definition) is 4. The van der Waals surface area contributed by atoms with Crippen LogP contribution in [0.2, 0.25) is 0 Å². The van der Waals surface area contributed by atoms with E-state index in [9.17, 15) is 9.70 Å². The average Bonchev–Trinajstić information content (AvgIpc) is 2.93. The fourth-order valence-corrected chi connectivity index (χ4v) is 2.43. The van der Waals surface area contributed by atoms with Crippen molar-refractivity contribution in [2.45, 2.75) is 6.92 Å². The predicted molar refractivity (Wildman–Crippen MR) is 85.1 cm³/mol. The molecule has 5 nitrogen and oxygen atoms in total. The fraction of sp³-hybridized carbons (Fsp3) is 0.118. The molecule has 1 N–H and O–H groups in total. The molecule has 0 aliphatic heterocycles. The lowest BCUT2D eigenvalue weighted by molar-refractivity contribution is 0.0526. The SMILES string of the molecule is CCOC(=O)c1ccc2c(N=O)c(-c3ccccc3)[nH]c2c1. The largest absolute Gasteiger partial charge is 0.462 e. The first-order valence-electron chi connectivity index (χ1n) is 6.96. The number of rotatable bonds is 4. The second kappa shape index (κ2) is 5.81. The van der Waals surface area contributed by atoms with Crippen LogP contribution in [0.4, 0.5) is 5.69 Å². The van der Waals surface area contributed by atoms with E-state index in [0.29, 0.717) is 34.5 Å². The number of nitrogens with zero attached hydrogens (tertiary/aromatic N) is 1. The van der Waals surface area contributed by atoms with E-state index < -0.39 is 0 Å². The Bertz CT molecular complexity index is 838. The van der Waals surface area contributed by atoms with Crippen LogP contribution in [-0.2, 0) is 4.74 Å². The molecule has 0 aliphatic rings. The van der Waals surface area contributed by atoms with Crippen molar-refractivity contribution in [2.24, 2.45) is 5.18 Å². The van der Waals surface area contributed by atoms with E-state index in [1.165, 1.54) is 0 Å². The Balaban J connectivity index is 2.15. The van der Waals surface area contributed by atoms with Gasteiger partial charge in [-0.25, -0.2) is 4.79 Å². The maximum absolute atomic E-state index is 11.8. The van der Waals surface area contributed by atoms with Crippen LogP contribution in [0, 0.1) is 4.91 Å². The van der Waals surface area contributed by atoms with Crippen LogP contribution in [0.15, 0.2) is 53.7 Å². The lowest BCUT2D eigenvalue weighted by Gasteiger charge is -2.01. The number of ether oxygens (including phenoxy) is 1. The molecule has 5 heteroatoms. The predicted octanol–water partition coefficient (Wildman–Crippen LogP) is 4.41. The van der Waals surface area contributed by atoms with Crippen LogP contribution in [0.1, 0.15) is 17.3 Å². The molecule has 0 saturated carbocycles. The van der Waals surface area contributed by atoms with Gasteiger partial charge in [0.05, 0.1) is 17.9 Å². The molecule has 0 unspecified atom stereocenters. The van der Waals surface area contributed by atoms with Gasteiger partial charge in [0.15, 0.2) is 0 Å². The van der Waals surface area contributed by atoms with Gasteiger partial charge >= 0.3 is 5.97 Å². The van der Waals surface area contributed by atoms with Gasteiger partial charge in [-0.05, 0) is 30.3 Å². The standard InChI is InChI=1S/C17H14N2O3/c1-2-22-17(20)12-8-9-13-14(10-12)18-15(16(13)19-21)11-6-4-3-5-7-11/h3-10,18H,2H2,1H3. The number of fused-ring (bicyclic) bond motifs is 1. The fourth-order valence-electron chi connectivity index (χ4n) is 2.43. The van der Waals surface area contributed by atoms with Gasteiger partial charge in [-0.15, -0.1) is 4.91 Å². The number of aromatic nitrogens is 1. The van der Waals surface area contributed by atoms with Gasteiger partial charge in [-0.1, -0.05) is 30.3 Å². The Morgan fingerprint density at radius 1 is 1.18 bits per heavy atom. The van der Waals surface area contributed by atoms with Crippen LogP contribution >= 0.6 is 0 Å². The Labute approximate surface area is 126 Å². The summed E-state index contributed by atoms with van der Waals surface area (Å²) in [4.78, 5) is 26.2. The van der Waals surface area contributed by atoms with Crippen molar-refractivity contribution in [2.75, 3.05) is 6.61 Å². The summed E-state index contributed by atoms with van der Waals surface area (Å²) in [5, 5.41) is 3.83. The molecule has 0 bridgehead atoms. The Kier molecular flexibility index (Phi) is 3.70. The minimum atomic E-state index is -0.388. The monoisotopic (exact) mass is 294 g/mol. The highest BCUT2D eigenvalue weighted by atomic mass is 16.5. The summed E-state index contributed by atoms with van der Waals surface area (Å²) < 4.78 is 4.99. The lowest BCUT2D eigenvalue weighted by Crippen LogP contribution is -2.03. The summed E-state index contributed by atoms with van der Waals surface area (Å²) in [6.07, 6.45) is 0. The maximum atomic E-state index is 11.8. The Morgan fingerprint density at radius 2 is 1.95 bits per heavy atom. The summed E-state index contributed by atoms with van der Waals surface area (Å²) in [5.41, 5.74) is 2.97. The number of nitroso groups, excluding NO2 is 1. The zero-order valence-electron chi connectivity index (χ0n) is 12.0. The molecule has 1 heterocycles. The number of carbonyl (C=O) groups is 1. The highest BCUT2D eigenvalue weighted by Gasteiger charge is 2.16. The molecule has 0 aliphatic carbocycles. The van der Waals surface area contributed by atoms with E-state index in [4.69, 9.17) is 4.74 Å². The zero-order chi connectivity index (χ0) is 15.5. The molecular weight excluding hydrogens is 280 g/mol. The van der Waals surface area contributed by atoms with E-state index in [2.05, 4.69) is 10.2 Å². The first-order chi connectivity index (χ1) is 10.7. The summed E-state index contributed by atoms with van der Waals surface area (Å²) in [7, 11) is 0. The van der Waals surface area contributed by atoms with Crippen LogP contribution < -0.4 is 0 Å². The third-order valence-corrected chi connectivity index (χ3v) is 3.44. The van der Waals surface area contributed by atoms with Crippen LogP contribution in [0.25, 0.3) is 22.2 Å². The van der Waals surface area contributed by atoms with Gasteiger partial charge < -0.3 is 9.72 Å². The minimum absolute atomic E-state index is 0.317. The second-order valence-electron chi connectivity index (χ2n) is 4.79. The highest BCUT2D eigenvalue weighted by molar-refractivity contribution is 6.02. The molecule has 0 amide bonds. The number of hydrogen-bond donors (Lipinski definition) is 1. The summed E-state index contributed by atoms with van der Waals surface area (Å²) >= 11 is 0. The van der Waals surface area contributed by atoms with E-state index in [1.807, 2.05) is 30.3 Å². The molecule has 22 heavy (non-hydrogen) atoms. The number of benzene rings is 2. The summed E-state index contributed by atoms with van der Waals surface area (Å²) in [6, 6.07) is 14.5. The topological polar surface area (TPSA) is 71.5 Å².